The van der Waals surface area contributed by atoms with Crippen LogP contribution in [0.3, 0.4) is 0 Å². The van der Waals surface area contributed by atoms with Crippen LogP contribution < -0.4 is 15.9 Å². The number of hydrogen-bond acceptors (Lipinski definition) is 3. The molecule has 3 aromatic rings. The van der Waals surface area contributed by atoms with Crippen LogP contribution in [0.1, 0.15) is 12.8 Å². The molecule has 0 aromatic heterocycles. The number of nitrogens with zero attached hydrogens (tertiary/aromatic N) is 2. The molecule has 2 aliphatic rings. The van der Waals surface area contributed by atoms with Crippen LogP contribution in [0.4, 0.5) is 4.79 Å². The summed E-state index contributed by atoms with van der Waals surface area (Å²) in [5.41, 5.74) is -0.264. The Balaban J connectivity index is 1.58. The summed E-state index contributed by atoms with van der Waals surface area (Å²) in [5.74, 6) is 0.150. The van der Waals surface area contributed by atoms with E-state index in [2.05, 4.69) is 94.9 Å². The Morgan fingerprint density at radius 3 is 1.89 bits per heavy atom. The Morgan fingerprint density at radius 1 is 0.892 bits per heavy atom. The van der Waals surface area contributed by atoms with Crippen LogP contribution >= 0.6 is 20.8 Å². The summed E-state index contributed by atoms with van der Waals surface area (Å²) in [4.78, 5) is 30.6. The van der Waals surface area contributed by atoms with Crippen LogP contribution in [0.5, 0.6) is 0 Å². The number of halogens is 1. The van der Waals surface area contributed by atoms with Crippen molar-refractivity contribution in [2.75, 3.05) is 26.2 Å². The number of hydrogen-bond donors (Lipinski definition) is 0. The third kappa shape index (κ3) is 4.20. The van der Waals surface area contributed by atoms with Gasteiger partial charge in [-0.3, -0.25) is 0 Å². The van der Waals surface area contributed by atoms with Gasteiger partial charge in [-0.1, -0.05) is 0 Å². The van der Waals surface area contributed by atoms with Crippen LogP contribution in [-0.4, -0.2) is 59.7 Å². The fourth-order valence-electron chi connectivity index (χ4n) is 6.03. The number of likely N-dealkylation sites (tertiary alicyclic amines) is 2. The van der Waals surface area contributed by atoms with Crippen LogP contribution in [0, 0.1) is 0 Å². The van der Waals surface area contributed by atoms with Gasteiger partial charge in [-0.25, -0.2) is 0 Å². The second-order valence-corrected chi connectivity index (χ2v) is 18.4. The summed E-state index contributed by atoms with van der Waals surface area (Å²) in [6.07, 6.45) is 2.71. The second-order valence-electron chi connectivity index (χ2n) is 9.67. The summed E-state index contributed by atoms with van der Waals surface area (Å²) in [6.45, 7) is 5.55. The van der Waals surface area contributed by atoms with E-state index in [1.54, 1.807) is 11.0 Å². The van der Waals surface area contributed by atoms with E-state index in [0.717, 1.165) is 28.8 Å². The predicted molar refractivity (Wildman–Crippen MR) is 156 cm³/mol. The molecule has 0 radical (unpaired) electrons. The predicted octanol–water partition coefficient (Wildman–Crippen LogP) is 4.82. The minimum atomic E-state index is -3.43. The molecular formula is C30H32BrN2O3P. The van der Waals surface area contributed by atoms with Crippen molar-refractivity contribution in [3.05, 3.63) is 104 Å². The fourth-order valence-corrected chi connectivity index (χ4v) is 14.7. The Hall–Kier alpha value is -2.95. The summed E-state index contributed by atoms with van der Waals surface area (Å²) < 4.78 is 5.24. The monoisotopic (exact) mass is 578 g/mol. The molecule has 5 nitrogen and oxygen atoms in total. The zero-order valence-corrected chi connectivity index (χ0v) is 23.3. The number of benzene rings is 3. The first-order chi connectivity index (χ1) is 18.0. The van der Waals surface area contributed by atoms with Crippen molar-refractivity contribution in [3.63, 3.8) is 0 Å². The molecule has 37 heavy (non-hydrogen) atoms. The van der Waals surface area contributed by atoms with E-state index in [0.29, 0.717) is 19.6 Å². The second kappa shape index (κ2) is 10.4. The van der Waals surface area contributed by atoms with Gasteiger partial charge in [0.1, 0.15) is 0 Å². The average Bonchev–Trinajstić information content (AvgIpc) is 3.60. The quantitative estimate of drug-likeness (QED) is 0.298. The van der Waals surface area contributed by atoms with Gasteiger partial charge in [-0.2, -0.15) is 0 Å². The zero-order valence-electron chi connectivity index (χ0n) is 20.8. The van der Waals surface area contributed by atoms with Crippen molar-refractivity contribution in [1.29, 1.82) is 0 Å². The first-order valence-corrected chi connectivity index (χ1v) is 17.0. The first kappa shape index (κ1) is 25.7. The SMILES string of the molecule is C=CCOC(=O)N1CC[C@H](N2CC[C@H](P(Br)(c3ccccc3)(c3ccccc3)c3ccccc3)C2=O)C1. The molecule has 2 atom stereocenters. The number of ether oxygens (including phenoxy) is 1. The summed E-state index contributed by atoms with van der Waals surface area (Å²) in [6, 6.07) is 31.4. The molecule has 2 amide bonds. The van der Waals surface area contributed by atoms with Crippen molar-refractivity contribution in [2.45, 2.75) is 24.5 Å². The van der Waals surface area contributed by atoms with Gasteiger partial charge in [-0.15, -0.1) is 0 Å². The van der Waals surface area contributed by atoms with Gasteiger partial charge in [-0.05, 0) is 0 Å². The van der Waals surface area contributed by atoms with E-state index in [1.165, 1.54) is 0 Å². The third-order valence-corrected chi connectivity index (χ3v) is 18.5. The van der Waals surface area contributed by atoms with Gasteiger partial charge in [0.25, 0.3) is 0 Å². The molecule has 2 saturated heterocycles. The van der Waals surface area contributed by atoms with E-state index in [9.17, 15) is 9.59 Å². The molecule has 2 aliphatic heterocycles. The van der Waals surface area contributed by atoms with Crippen molar-refractivity contribution in [2.24, 2.45) is 0 Å². The first-order valence-electron chi connectivity index (χ1n) is 12.7. The Labute approximate surface area is 226 Å². The zero-order chi connectivity index (χ0) is 25.9. The average molecular weight is 579 g/mol. The van der Waals surface area contributed by atoms with Crippen molar-refractivity contribution in [1.82, 2.24) is 9.80 Å². The standard InChI is InChI=1S/C30H32BrN2O3P/c1-2-22-36-30(35)32-20-18-24(23-32)33-21-19-28(29(33)34)37(31,25-12-6-3-7-13-25,26-14-8-4-9-15-26)27-16-10-5-11-17-27/h2-17,24,28H,1,18-23H2/t24-,28-/m0/s1. The van der Waals surface area contributed by atoms with E-state index in [1.807, 2.05) is 23.1 Å². The maximum atomic E-state index is 14.5. The van der Waals surface area contributed by atoms with E-state index in [-0.39, 0.29) is 30.3 Å². The molecule has 7 heteroatoms. The molecule has 0 saturated carbocycles. The molecule has 3 aromatic carbocycles. The Bertz CT molecular complexity index is 1170. The van der Waals surface area contributed by atoms with Crippen molar-refractivity contribution in [3.8, 4) is 0 Å². The van der Waals surface area contributed by atoms with Crippen LogP contribution in [0.2, 0.25) is 0 Å². The molecule has 192 valence electrons. The number of carbonyl (C=O) groups is 2. The van der Waals surface area contributed by atoms with E-state index >= 15 is 0 Å². The molecule has 5 rings (SSSR count). The van der Waals surface area contributed by atoms with Crippen LogP contribution in [0.15, 0.2) is 104 Å². The molecule has 2 fully saturated rings. The van der Waals surface area contributed by atoms with Gasteiger partial charge in [0.05, 0.1) is 0 Å². The van der Waals surface area contributed by atoms with Gasteiger partial charge < -0.3 is 0 Å². The van der Waals surface area contributed by atoms with Gasteiger partial charge in [0.15, 0.2) is 0 Å². The Morgan fingerprint density at radius 2 is 1.41 bits per heavy atom. The number of carbonyl (C=O) groups excluding carboxylic acids is 2. The third-order valence-electron chi connectivity index (χ3n) is 7.77. The number of rotatable bonds is 7. The maximum absolute atomic E-state index is 14.5. The van der Waals surface area contributed by atoms with E-state index in [4.69, 9.17) is 4.74 Å². The van der Waals surface area contributed by atoms with Gasteiger partial charge >= 0.3 is 227 Å². The van der Waals surface area contributed by atoms with E-state index < -0.39 is 5.31 Å². The number of amides is 2. The summed E-state index contributed by atoms with van der Waals surface area (Å²) in [7, 11) is 0. The fraction of sp³-hybridized carbons (Fsp3) is 0.267. The summed E-state index contributed by atoms with van der Waals surface area (Å²) >= 11 is 4.47. The molecular weight excluding hydrogens is 547 g/mol. The van der Waals surface area contributed by atoms with Crippen LogP contribution in [-0.2, 0) is 9.53 Å². The molecule has 0 N–H and O–H groups in total. The molecule has 0 spiro atoms. The molecule has 0 unspecified atom stereocenters. The Kier molecular flexibility index (Phi) is 7.24. The molecule has 0 bridgehead atoms. The van der Waals surface area contributed by atoms with Crippen molar-refractivity contribution >= 4 is 48.7 Å². The summed E-state index contributed by atoms with van der Waals surface area (Å²) in [5, 5.41) is 0.0109. The van der Waals surface area contributed by atoms with Crippen molar-refractivity contribution < 1.29 is 14.3 Å². The normalized spacial score (nSPS) is 20.9. The van der Waals surface area contributed by atoms with Gasteiger partial charge in [0, 0.05) is 0 Å². The van der Waals surface area contributed by atoms with Gasteiger partial charge in [0.2, 0.25) is 0 Å². The molecule has 0 aliphatic carbocycles. The molecule has 2 heterocycles. The minimum absolute atomic E-state index is 0.0162. The topological polar surface area (TPSA) is 49.9 Å². The van der Waals surface area contributed by atoms with Crippen LogP contribution in [0.25, 0.3) is 0 Å².